The summed E-state index contributed by atoms with van der Waals surface area (Å²) in [6, 6.07) is 0.453. The molecule has 0 amide bonds. The van der Waals surface area contributed by atoms with Gasteiger partial charge in [-0.3, -0.25) is 4.79 Å². The summed E-state index contributed by atoms with van der Waals surface area (Å²) in [4.78, 5) is 18.6. The molecule has 2 atom stereocenters. The average Bonchev–Trinajstić information content (AvgIpc) is 2.95. The lowest BCUT2D eigenvalue weighted by molar-refractivity contribution is -0.142. The molecule has 1 aromatic rings. The third-order valence-corrected chi connectivity index (χ3v) is 5.07. The Labute approximate surface area is 129 Å². The number of nitrogens with zero attached hydrogens (tertiary/aromatic N) is 2. The number of carbonyl (C=O) groups excluding carboxylic acids is 1. The number of rotatable bonds is 4. The van der Waals surface area contributed by atoms with Crippen molar-refractivity contribution in [1.29, 1.82) is 0 Å². The predicted octanol–water partition coefficient (Wildman–Crippen LogP) is 2.40. The van der Waals surface area contributed by atoms with Crippen LogP contribution in [0.4, 0.5) is 5.13 Å². The Bertz CT molecular complexity index is 489. The van der Waals surface area contributed by atoms with Crippen LogP contribution in [0, 0.1) is 0 Å². The molecule has 1 aliphatic carbocycles. The summed E-state index contributed by atoms with van der Waals surface area (Å²) < 4.78 is 10.9. The highest BCUT2D eigenvalue weighted by Gasteiger charge is 2.35. The van der Waals surface area contributed by atoms with Gasteiger partial charge in [-0.05, 0) is 19.8 Å². The molecule has 1 aliphatic heterocycles. The highest BCUT2D eigenvalue weighted by molar-refractivity contribution is 7.13. The molecular formula is C15H22N2O3S. The van der Waals surface area contributed by atoms with E-state index < -0.39 is 0 Å². The molecule has 2 heterocycles. The molecule has 21 heavy (non-hydrogen) atoms. The Morgan fingerprint density at radius 1 is 1.52 bits per heavy atom. The second-order valence-corrected chi connectivity index (χ2v) is 6.39. The van der Waals surface area contributed by atoms with Crippen molar-refractivity contribution in [3.05, 3.63) is 11.1 Å². The van der Waals surface area contributed by atoms with Crippen molar-refractivity contribution >= 4 is 22.4 Å². The van der Waals surface area contributed by atoms with Crippen LogP contribution in [-0.4, -0.2) is 42.9 Å². The van der Waals surface area contributed by atoms with Crippen LogP contribution in [-0.2, 0) is 20.7 Å². The molecule has 1 saturated heterocycles. The summed E-state index contributed by atoms with van der Waals surface area (Å²) in [5.74, 6) is -0.202. The third kappa shape index (κ3) is 3.37. The number of aromatic nitrogens is 1. The maximum atomic E-state index is 11.5. The molecule has 0 N–H and O–H groups in total. The van der Waals surface area contributed by atoms with Crippen molar-refractivity contribution in [3.63, 3.8) is 0 Å². The first-order valence-electron chi connectivity index (χ1n) is 7.76. The van der Waals surface area contributed by atoms with Crippen molar-refractivity contribution in [1.82, 2.24) is 4.98 Å². The Morgan fingerprint density at radius 3 is 3.24 bits per heavy atom. The van der Waals surface area contributed by atoms with Gasteiger partial charge in [0.25, 0.3) is 0 Å². The Morgan fingerprint density at radius 2 is 2.38 bits per heavy atom. The maximum absolute atomic E-state index is 11.5. The van der Waals surface area contributed by atoms with E-state index in [2.05, 4.69) is 9.88 Å². The van der Waals surface area contributed by atoms with Crippen LogP contribution in [0.5, 0.6) is 0 Å². The summed E-state index contributed by atoms with van der Waals surface area (Å²) in [7, 11) is 0. The van der Waals surface area contributed by atoms with Crippen LogP contribution < -0.4 is 4.90 Å². The SMILES string of the molecule is CCOC(=O)Cc1csc(N2CCOC3CCCCC32)n1. The molecule has 2 unspecified atom stereocenters. The molecule has 0 bridgehead atoms. The molecular weight excluding hydrogens is 288 g/mol. The lowest BCUT2D eigenvalue weighted by atomic mass is 9.90. The number of ether oxygens (including phenoxy) is 2. The van der Waals surface area contributed by atoms with E-state index in [1.165, 1.54) is 19.3 Å². The molecule has 5 nitrogen and oxygen atoms in total. The number of fused-ring (bicyclic) bond motifs is 1. The second-order valence-electron chi connectivity index (χ2n) is 5.56. The minimum absolute atomic E-state index is 0.202. The molecule has 2 aliphatic rings. The van der Waals surface area contributed by atoms with Gasteiger partial charge in [-0.2, -0.15) is 0 Å². The number of hydrogen-bond acceptors (Lipinski definition) is 6. The molecule has 1 aromatic heterocycles. The first-order chi connectivity index (χ1) is 10.3. The lowest BCUT2D eigenvalue weighted by Gasteiger charge is -2.43. The highest BCUT2D eigenvalue weighted by Crippen LogP contribution is 2.33. The van der Waals surface area contributed by atoms with Gasteiger partial charge in [-0.25, -0.2) is 4.98 Å². The highest BCUT2D eigenvalue weighted by atomic mass is 32.1. The van der Waals surface area contributed by atoms with Gasteiger partial charge in [0.2, 0.25) is 0 Å². The van der Waals surface area contributed by atoms with Gasteiger partial charge in [0.1, 0.15) is 0 Å². The normalized spacial score (nSPS) is 25.5. The van der Waals surface area contributed by atoms with Crippen LogP contribution in [0.15, 0.2) is 5.38 Å². The summed E-state index contributed by atoms with van der Waals surface area (Å²) in [5, 5.41) is 2.99. The molecule has 116 valence electrons. The molecule has 3 rings (SSSR count). The molecule has 0 radical (unpaired) electrons. The fourth-order valence-corrected chi connectivity index (χ4v) is 4.11. The number of anilines is 1. The molecule has 2 fully saturated rings. The zero-order valence-corrected chi connectivity index (χ0v) is 13.2. The number of hydrogen-bond donors (Lipinski definition) is 0. The van der Waals surface area contributed by atoms with Crippen molar-refractivity contribution < 1.29 is 14.3 Å². The largest absolute Gasteiger partial charge is 0.466 e. The zero-order valence-electron chi connectivity index (χ0n) is 12.4. The van der Waals surface area contributed by atoms with Gasteiger partial charge < -0.3 is 14.4 Å². The fraction of sp³-hybridized carbons (Fsp3) is 0.733. The Kier molecular flexibility index (Phi) is 4.75. The van der Waals surface area contributed by atoms with Crippen LogP contribution in [0.2, 0.25) is 0 Å². The first kappa shape index (κ1) is 14.8. The topological polar surface area (TPSA) is 51.7 Å². The van der Waals surface area contributed by atoms with Gasteiger partial charge in [0.05, 0.1) is 37.5 Å². The van der Waals surface area contributed by atoms with Crippen LogP contribution in [0.1, 0.15) is 38.3 Å². The van der Waals surface area contributed by atoms with Crippen molar-refractivity contribution in [2.24, 2.45) is 0 Å². The van der Waals surface area contributed by atoms with Gasteiger partial charge in [-0.15, -0.1) is 11.3 Å². The minimum Gasteiger partial charge on any atom is -0.466 e. The van der Waals surface area contributed by atoms with E-state index in [1.54, 1.807) is 11.3 Å². The van der Waals surface area contributed by atoms with Gasteiger partial charge in [0, 0.05) is 11.9 Å². The lowest BCUT2D eigenvalue weighted by Crippen LogP contribution is -2.52. The van der Waals surface area contributed by atoms with Crippen molar-refractivity contribution in [2.75, 3.05) is 24.7 Å². The van der Waals surface area contributed by atoms with E-state index in [1.807, 2.05) is 12.3 Å². The van der Waals surface area contributed by atoms with Crippen molar-refractivity contribution in [2.45, 2.75) is 51.2 Å². The summed E-state index contributed by atoms with van der Waals surface area (Å²) in [5.41, 5.74) is 0.812. The number of thiazole rings is 1. The van der Waals surface area contributed by atoms with E-state index in [4.69, 9.17) is 9.47 Å². The van der Waals surface area contributed by atoms with E-state index in [-0.39, 0.29) is 12.4 Å². The molecule has 6 heteroatoms. The van der Waals surface area contributed by atoms with Gasteiger partial charge >= 0.3 is 5.97 Å². The number of carbonyl (C=O) groups is 1. The monoisotopic (exact) mass is 310 g/mol. The molecule has 1 saturated carbocycles. The smallest absolute Gasteiger partial charge is 0.311 e. The molecule has 0 spiro atoms. The van der Waals surface area contributed by atoms with E-state index in [9.17, 15) is 4.79 Å². The van der Waals surface area contributed by atoms with Gasteiger partial charge in [-0.1, -0.05) is 12.8 Å². The summed E-state index contributed by atoms with van der Waals surface area (Å²) in [6.07, 6.45) is 5.48. The fourth-order valence-electron chi connectivity index (χ4n) is 3.20. The van der Waals surface area contributed by atoms with E-state index >= 15 is 0 Å². The number of esters is 1. The van der Waals surface area contributed by atoms with Crippen LogP contribution in [0.3, 0.4) is 0 Å². The second kappa shape index (κ2) is 6.75. The third-order valence-electron chi connectivity index (χ3n) is 4.15. The minimum atomic E-state index is -0.202. The van der Waals surface area contributed by atoms with Crippen molar-refractivity contribution in [3.8, 4) is 0 Å². The quantitative estimate of drug-likeness (QED) is 0.799. The average molecular weight is 310 g/mol. The first-order valence-corrected chi connectivity index (χ1v) is 8.64. The van der Waals surface area contributed by atoms with E-state index in [0.29, 0.717) is 18.8 Å². The van der Waals surface area contributed by atoms with Gasteiger partial charge in [0.15, 0.2) is 5.13 Å². The standard InChI is InChI=1S/C15H22N2O3S/c1-2-19-14(18)9-11-10-21-15(16-11)17-7-8-20-13-6-4-3-5-12(13)17/h10,12-13H,2-9H2,1H3. The zero-order chi connectivity index (χ0) is 14.7. The van der Waals surface area contributed by atoms with E-state index in [0.717, 1.165) is 30.4 Å². The Balaban J connectivity index is 1.68. The Hall–Kier alpha value is -1.14. The summed E-state index contributed by atoms with van der Waals surface area (Å²) in [6.45, 7) is 3.91. The van der Waals surface area contributed by atoms with Crippen LogP contribution >= 0.6 is 11.3 Å². The maximum Gasteiger partial charge on any atom is 0.311 e. The summed E-state index contributed by atoms with van der Waals surface area (Å²) >= 11 is 1.62. The van der Waals surface area contributed by atoms with Crippen LogP contribution in [0.25, 0.3) is 0 Å². The predicted molar refractivity (Wildman–Crippen MR) is 81.8 cm³/mol. The number of morpholine rings is 1. The molecule has 0 aromatic carbocycles.